The largest absolute Gasteiger partial charge is 0.451 e. The van der Waals surface area contributed by atoms with Gasteiger partial charge in [-0.25, -0.2) is 0 Å². The molecule has 0 bridgehead atoms. The van der Waals surface area contributed by atoms with Gasteiger partial charge in [0.05, 0.1) is 6.04 Å². The molecule has 23 heavy (non-hydrogen) atoms. The molecule has 1 aliphatic rings. The average molecular weight is 305 g/mol. The van der Waals surface area contributed by atoms with Gasteiger partial charge in [0, 0.05) is 5.39 Å². The highest BCUT2D eigenvalue weighted by molar-refractivity contribution is 5.96. The monoisotopic (exact) mass is 305 g/mol. The van der Waals surface area contributed by atoms with Gasteiger partial charge in [0.25, 0.3) is 5.91 Å². The summed E-state index contributed by atoms with van der Waals surface area (Å²) in [6.45, 7) is 2.01. The van der Waals surface area contributed by atoms with Crippen LogP contribution in [0.25, 0.3) is 11.0 Å². The number of fused-ring (bicyclic) bond motifs is 2. The third-order valence-corrected chi connectivity index (χ3v) is 4.62. The second kappa shape index (κ2) is 5.58. The number of amides is 1. The molecule has 4 rings (SSSR count). The van der Waals surface area contributed by atoms with Crippen molar-refractivity contribution in [2.75, 3.05) is 0 Å². The molecule has 1 N–H and O–H groups in total. The molecule has 1 aromatic heterocycles. The van der Waals surface area contributed by atoms with E-state index >= 15 is 0 Å². The fraction of sp³-hybridized carbons (Fsp3) is 0.250. The van der Waals surface area contributed by atoms with Gasteiger partial charge in [0.15, 0.2) is 5.76 Å². The van der Waals surface area contributed by atoms with Crippen molar-refractivity contribution in [3.63, 3.8) is 0 Å². The second-order valence-electron chi connectivity index (χ2n) is 6.23. The van der Waals surface area contributed by atoms with E-state index < -0.39 is 0 Å². The number of carbonyl (C=O) groups excluding carboxylic acids is 1. The molecule has 3 nitrogen and oxygen atoms in total. The summed E-state index contributed by atoms with van der Waals surface area (Å²) >= 11 is 0. The highest BCUT2D eigenvalue weighted by atomic mass is 16.3. The van der Waals surface area contributed by atoms with Crippen LogP contribution in [-0.2, 0) is 12.8 Å². The first kappa shape index (κ1) is 14.1. The Labute approximate surface area is 135 Å². The van der Waals surface area contributed by atoms with Crippen molar-refractivity contribution < 1.29 is 9.21 Å². The van der Waals surface area contributed by atoms with Gasteiger partial charge >= 0.3 is 0 Å². The molecule has 0 saturated carbocycles. The van der Waals surface area contributed by atoms with Crippen LogP contribution in [0, 0.1) is 0 Å². The van der Waals surface area contributed by atoms with Crippen LogP contribution in [0.5, 0.6) is 0 Å². The molecular weight excluding hydrogens is 286 g/mol. The number of hydrogen-bond acceptors (Lipinski definition) is 2. The summed E-state index contributed by atoms with van der Waals surface area (Å²) in [5, 5.41) is 3.98. The lowest BCUT2D eigenvalue weighted by Gasteiger charge is -2.14. The topological polar surface area (TPSA) is 42.2 Å². The van der Waals surface area contributed by atoms with Gasteiger partial charge in [-0.1, -0.05) is 36.4 Å². The van der Waals surface area contributed by atoms with Gasteiger partial charge in [0.1, 0.15) is 5.58 Å². The molecule has 0 saturated heterocycles. The van der Waals surface area contributed by atoms with Gasteiger partial charge in [-0.15, -0.1) is 0 Å². The zero-order chi connectivity index (χ0) is 15.8. The number of para-hydroxylation sites is 1. The molecule has 0 radical (unpaired) electrons. The van der Waals surface area contributed by atoms with E-state index in [-0.39, 0.29) is 11.9 Å². The van der Waals surface area contributed by atoms with Crippen molar-refractivity contribution in [3.8, 4) is 0 Å². The Bertz CT molecular complexity index is 845. The van der Waals surface area contributed by atoms with Crippen molar-refractivity contribution in [1.29, 1.82) is 0 Å². The quantitative estimate of drug-likeness (QED) is 0.778. The zero-order valence-corrected chi connectivity index (χ0v) is 13.1. The van der Waals surface area contributed by atoms with Crippen LogP contribution in [0.2, 0.25) is 0 Å². The smallest absolute Gasteiger partial charge is 0.287 e. The molecule has 0 unspecified atom stereocenters. The van der Waals surface area contributed by atoms with E-state index in [1.807, 2.05) is 31.2 Å². The maximum absolute atomic E-state index is 12.4. The average Bonchev–Trinajstić information content (AvgIpc) is 3.20. The first-order chi connectivity index (χ1) is 11.2. The highest BCUT2D eigenvalue weighted by Gasteiger charge is 2.17. The summed E-state index contributed by atoms with van der Waals surface area (Å²) in [6, 6.07) is 16.0. The molecule has 1 heterocycles. The summed E-state index contributed by atoms with van der Waals surface area (Å²) in [6.07, 6.45) is 3.56. The summed E-state index contributed by atoms with van der Waals surface area (Å²) in [4.78, 5) is 12.4. The normalized spacial score (nSPS) is 14.7. The van der Waals surface area contributed by atoms with Gasteiger partial charge in [-0.05, 0) is 55.0 Å². The standard InChI is InChI=1S/C20H19NO2/c1-13(15-10-9-14-6-4-7-16(14)11-15)21-20(22)19-12-17-5-2-3-8-18(17)23-19/h2-3,5,8-13H,4,6-7H2,1H3,(H,21,22)/t13-/m0/s1. The van der Waals surface area contributed by atoms with Crippen LogP contribution in [0.3, 0.4) is 0 Å². The van der Waals surface area contributed by atoms with E-state index in [9.17, 15) is 4.79 Å². The Hall–Kier alpha value is -2.55. The van der Waals surface area contributed by atoms with Gasteiger partial charge < -0.3 is 9.73 Å². The fourth-order valence-corrected chi connectivity index (χ4v) is 3.31. The Balaban J connectivity index is 1.53. The molecular formula is C20H19NO2. The molecule has 1 amide bonds. The lowest BCUT2D eigenvalue weighted by molar-refractivity contribution is 0.0914. The third kappa shape index (κ3) is 2.63. The van der Waals surface area contributed by atoms with E-state index in [2.05, 4.69) is 23.5 Å². The van der Waals surface area contributed by atoms with Crippen LogP contribution < -0.4 is 5.32 Å². The van der Waals surface area contributed by atoms with Crippen LogP contribution in [-0.4, -0.2) is 5.91 Å². The minimum absolute atomic E-state index is 0.0402. The maximum atomic E-state index is 12.4. The van der Waals surface area contributed by atoms with Gasteiger partial charge in [0.2, 0.25) is 0 Å². The summed E-state index contributed by atoms with van der Waals surface area (Å²) in [7, 11) is 0. The molecule has 116 valence electrons. The van der Waals surface area contributed by atoms with Crippen LogP contribution in [0.1, 0.15) is 46.6 Å². The van der Waals surface area contributed by atoms with Crippen molar-refractivity contribution in [2.24, 2.45) is 0 Å². The minimum Gasteiger partial charge on any atom is -0.451 e. The van der Waals surface area contributed by atoms with Gasteiger partial charge in [-0.2, -0.15) is 0 Å². The number of benzene rings is 2. The Morgan fingerprint density at radius 1 is 1.09 bits per heavy atom. The summed E-state index contributed by atoms with van der Waals surface area (Å²) in [5.74, 6) is 0.188. The van der Waals surface area contributed by atoms with E-state index in [1.54, 1.807) is 6.07 Å². The van der Waals surface area contributed by atoms with Crippen LogP contribution in [0.15, 0.2) is 52.9 Å². The first-order valence-electron chi connectivity index (χ1n) is 8.12. The number of hydrogen-bond donors (Lipinski definition) is 1. The number of furan rings is 1. The molecule has 2 aromatic carbocycles. The molecule has 1 aliphatic carbocycles. The number of aryl methyl sites for hydroxylation is 2. The first-order valence-corrected chi connectivity index (χ1v) is 8.12. The number of carbonyl (C=O) groups is 1. The molecule has 0 aliphatic heterocycles. The van der Waals surface area contributed by atoms with Crippen molar-refractivity contribution in [3.05, 3.63) is 71.0 Å². The lowest BCUT2D eigenvalue weighted by atomic mass is 10.0. The molecule has 1 atom stereocenters. The summed E-state index contributed by atoms with van der Waals surface area (Å²) in [5.41, 5.74) is 4.76. The molecule has 3 aromatic rings. The molecule has 0 fully saturated rings. The van der Waals surface area contributed by atoms with Crippen molar-refractivity contribution in [2.45, 2.75) is 32.2 Å². The fourth-order valence-electron chi connectivity index (χ4n) is 3.31. The molecule has 3 heteroatoms. The van der Waals surface area contributed by atoms with E-state index in [4.69, 9.17) is 4.42 Å². The number of nitrogens with one attached hydrogen (secondary N) is 1. The number of rotatable bonds is 3. The predicted octanol–water partition coefficient (Wildman–Crippen LogP) is 4.41. The highest BCUT2D eigenvalue weighted by Crippen LogP contribution is 2.26. The zero-order valence-electron chi connectivity index (χ0n) is 13.1. The maximum Gasteiger partial charge on any atom is 0.287 e. The third-order valence-electron chi connectivity index (χ3n) is 4.62. The van der Waals surface area contributed by atoms with E-state index in [0.29, 0.717) is 5.76 Å². The summed E-state index contributed by atoms with van der Waals surface area (Å²) < 4.78 is 5.63. The second-order valence-corrected chi connectivity index (χ2v) is 6.23. The Kier molecular flexibility index (Phi) is 3.41. The Morgan fingerprint density at radius 2 is 1.91 bits per heavy atom. The van der Waals surface area contributed by atoms with Crippen molar-refractivity contribution in [1.82, 2.24) is 5.32 Å². The predicted molar refractivity (Wildman–Crippen MR) is 90.6 cm³/mol. The van der Waals surface area contributed by atoms with Gasteiger partial charge in [-0.3, -0.25) is 4.79 Å². The van der Waals surface area contributed by atoms with E-state index in [1.165, 1.54) is 24.0 Å². The van der Waals surface area contributed by atoms with Crippen LogP contribution >= 0.6 is 0 Å². The van der Waals surface area contributed by atoms with Crippen LogP contribution in [0.4, 0.5) is 0 Å². The van der Waals surface area contributed by atoms with E-state index in [0.717, 1.165) is 23.0 Å². The Morgan fingerprint density at radius 3 is 2.78 bits per heavy atom. The lowest BCUT2D eigenvalue weighted by Crippen LogP contribution is -2.26. The molecule has 0 spiro atoms. The minimum atomic E-state index is -0.172. The van der Waals surface area contributed by atoms with Crippen molar-refractivity contribution >= 4 is 16.9 Å². The SMILES string of the molecule is C[C@H](NC(=O)c1cc2ccccc2o1)c1ccc2c(c1)CCC2.